The minimum atomic E-state index is -0.482. The molecule has 6 nitrogen and oxygen atoms in total. The van der Waals surface area contributed by atoms with Crippen LogP contribution in [-0.2, 0) is 4.74 Å². The summed E-state index contributed by atoms with van der Waals surface area (Å²) < 4.78 is 5.81. The average molecular weight is 390 g/mol. The molecule has 7 heteroatoms. The molecular formula is C20H27N3O3S. The first-order valence-corrected chi connectivity index (χ1v) is 11.3. The van der Waals surface area contributed by atoms with Crippen LogP contribution in [0.3, 0.4) is 0 Å². The van der Waals surface area contributed by atoms with Crippen molar-refractivity contribution < 1.29 is 14.6 Å². The molecule has 4 aliphatic carbocycles. The fourth-order valence-corrected chi connectivity index (χ4v) is 6.48. The minimum Gasteiger partial charge on any atom is -0.390 e. The van der Waals surface area contributed by atoms with Crippen molar-refractivity contribution in [2.45, 2.75) is 67.8 Å². The number of aromatic nitrogens is 2. The lowest BCUT2D eigenvalue weighted by Gasteiger charge is -2.58. The zero-order valence-corrected chi connectivity index (χ0v) is 16.5. The highest BCUT2D eigenvalue weighted by atomic mass is 32.2. The Balaban J connectivity index is 1.38. The van der Waals surface area contributed by atoms with Crippen molar-refractivity contribution in [2.75, 3.05) is 12.9 Å². The van der Waals surface area contributed by atoms with Crippen LogP contribution in [0.2, 0.25) is 0 Å². The molecule has 0 radical (unpaired) electrons. The molecule has 27 heavy (non-hydrogen) atoms. The Hall–Kier alpha value is -1.18. The van der Waals surface area contributed by atoms with E-state index in [0.29, 0.717) is 28.5 Å². The van der Waals surface area contributed by atoms with E-state index in [-0.39, 0.29) is 18.1 Å². The van der Waals surface area contributed by atoms with Gasteiger partial charge in [0.2, 0.25) is 0 Å². The summed E-state index contributed by atoms with van der Waals surface area (Å²) in [6.07, 6.45) is 10.2. The van der Waals surface area contributed by atoms with Crippen molar-refractivity contribution in [1.29, 1.82) is 0 Å². The zero-order valence-electron chi connectivity index (χ0n) is 15.7. The first kappa shape index (κ1) is 17.9. The molecule has 6 rings (SSSR count). The molecule has 1 amide bonds. The summed E-state index contributed by atoms with van der Waals surface area (Å²) in [7, 11) is 0. The Bertz CT molecular complexity index is 736. The third kappa shape index (κ3) is 3.17. The van der Waals surface area contributed by atoms with E-state index >= 15 is 0 Å². The number of thioether (sulfide) groups is 1. The van der Waals surface area contributed by atoms with E-state index in [0.717, 1.165) is 57.2 Å². The number of hydrogen-bond donors (Lipinski definition) is 2. The number of nitrogens with one attached hydrogen (secondary N) is 1. The molecule has 1 aromatic heterocycles. The van der Waals surface area contributed by atoms with E-state index in [9.17, 15) is 9.90 Å². The molecular weight excluding hydrogens is 362 g/mol. The highest BCUT2D eigenvalue weighted by molar-refractivity contribution is 7.98. The molecule has 1 aliphatic heterocycles. The topological polar surface area (TPSA) is 84.3 Å². The summed E-state index contributed by atoms with van der Waals surface area (Å²) in [5.41, 5.74) is 0.794. The predicted molar refractivity (Wildman–Crippen MR) is 101 cm³/mol. The summed E-state index contributed by atoms with van der Waals surface area (Å²) >= 11 is 1.48. The molecule has 1 saturated heterocycles. The number of aliphatic hydroxyl groups is 1. The Labute approximate surface area is 163 Å². The first-order chi connectivity index (χ1) is 13.0. The minimum absolute atomic E-state index is 0.0855. The molecule has 146 valence electrons. The first-order valence-electron chi connectivity index (χ1n) is 10.1. The van der Waals surface area contributed by atoms with E-state index in [1.54, 1.807) is 6.20 Å². The third-order valence-electron chi connectivity index (χ3n) is 7.00. The van der Waals surface area contributed by atoms with Crippen molar-refractivity contribution in [3.05, 3.63) is 17.5 Å². The molecule has 5 fully saturated rings. The number of ether oxygens (including phenoxy) is 1. The van der Waals surface area contributed by atoms with Crippen LogP contribution in [0.5, 0.6) is 0 Å². The summed E-state index contributed by atoms with van der Waals surface area (Å²) in [4.78, 5) is 22.1. The van der Waals surface area contributed by atoms with Gasteiger partial charge in [-0.1, -0.05) is 11.8 Å². The molecule has 2 N–H and O–H groups in total. The van der Waals surface area contributed by atoms with Gasteiger partial charge in [0.25, 0.3) is 5.91 Å². The monoisotopic (exact) mass is 389 g/mol. The smallest absolute Gasteiger partial charge is 0.255 e. The zero-order chi connectivity index (χ0) is 18.6. The van der Waals surface area contributed by atoms with Crippen LogP contribution >= 0.6 is 11.8 Å². The summed E-state index contributed by atoms with van der Waals surface area (Å²) in [5, 5.41) is 14.7. The number of hydrogen-bond acceptors (Lipinski definition) is 6. The van der Waals surface area contributed by atoms with E-state index in [2.05, 4.69) is 15.3 Å². The van der Waals surface area contributed by atoms with Crippen LogP contribution in [0.1, 0.15) is 67.1 Å². The van der Waals surface area contributed by atoms with Gasteiger partial charge < -0.3 is 15.2 Å². The van der Waals surface area contributed by atoms with E-state index in [1.807, 2.05) is 6.26 Å². The molecule has 4 bridgehead atoms. The highest BCUT2D eigenvalue weighted by Gasteiger charge is 2.55. The maximum atomic E-state index is 13.2. The van der Waals surface area contributed by atoms with E-state index in [1.165, 1.54) is 11.8 Å². The molecule has 4 saturated carbocycles. The van der Waals surface area contributed by atoms with Gasteiger partial charge in [0.05, 0.1) is 16.9 Å². The van der Waals surface area contributed by atoms with Gasteiger partial charge in [-0.05, 0) is 69.0 Å². The SMILES string of the molecule is CSc1ncc(C(=O)N[C@H]2C3CC4CC2C[C@@](O)(C4)C3)c([C@@H]2CCCO2)n1. The Morgan fingerprint density at radius 2 is 2.11 bits per heavy atom. The fraction of sp³-hybridized carbons (Fsp3) is 0.750. The van der Waals surface area contributed by atoms with Gasteiger partial charge in [0.1, 0.15) is 6.10 Å². The number of nitrogens with zero attached hydrogens (tertiary/aromatic N) is 2. The van der Waals surface area contributed by atoms with E-state index in [4.69, 9.17) is 4.74 Å². The van der Waals surface area contributed by atoms with Crippen LogP contribution in [0.25, 0.3) is 0 Å². The number of rotatable bonds is 4. The Kier molecular flexibility index (Phi) is 4.44. The summed E-state index contributed by atoms with van der Waals surface area (Å²) in [6.45, 7) is 0.719. The van der Waals surface area contributed by atoms with Gasteiger partial charge in [0.15, 0.2) is 5.16 Å². The van der Waals surface area contributed by atoms with E-state index < -0.39 is 5.60 Å². The second-order valence-electron chi connectivity index (χ2n) is 8.85. The van der Waals surface area contributed by atoms with Crippen molar-refractivity contribution in [3.8, 4) is 0 Å². The van der Waals surface area contributed by atoms with Crippen molar-refractivity contribution in [1.82, 2.24) is 15.3 Å². The molecule has 5 aliphatic rings. The van der Waals surface area contributed by atoms with Gasteiger partial charge in [0, 0.05) is 18.8 Å². The Morgan fingerprint density at radius 1 is 1.33 bits per heavy atom. The second-order valence-corrected chi connectivity index (χ2v) is 9.62. The van der Waals surface area contributed by atoms with Gasteiger partial charge in [-0.25, -0.2) is 9.97 Å². The van der Waals surface area contributed by atoms with Crippen LogP contribution in [0.15, 0.2) is 11.4 Å². The number of amides is 1. The lowest BCUT2D eigenvalue weighted by atomic mass is 9.52. The maximum absolute atomic E-state index is 13.2. The standard InChI is InChI=1S/C20H27N3O3S/c1-27-19-21-10-14(17(23-19)15-3-2-4-26-15)18(24)22-16-12-5-11-6-13(16)9-20(25,7-11)8-12/h10-13,15-16,25H,2-9H2,1H3,(H,22,24)/t11?,12?,13?,15-,16-,20+/m0/s1. The molecule has 2 unspecified atom stereocenters. The third-order valence-corrected chi connectivity index (χ3v) is 7.56. The molecule has 2 heterocycles. The lowest BCUT2D eigenvalue weighted by Crippen LogP contribution is -2.61. The van der Waals surface area contributed by atoms with Gasteiger partial charge in [-0.3, -0.25) is 4.79 Å². The van der Waals surface area contributed by atoms with Crippen LogP contribution in [0.4, 0.5) is 0 Å². The summed E-state index contributed by atoms with van der Waals surface area (Å²) in [6, 6.07) is 0.159. The van der Waals surface area contributed by atoms with Crippen LogP contribution in [-0.4, -0.2) is 45.5 Å². The predicted octanol–water partition coefficient (Wildman–Crippen LogP) is 2.72. The molecule has 3 atom stereocenters. The van der Waals surface area contributed by atoms with Gasteiger partial charge in [-0.15, -0.1) is 0 Å². The van der Waals surface area contributed by atoms with Gasteiger partial charge >= 0.3 is 0 Å². The van der Waals surface area contributed by atoms with Crippen LogP contribution in [0, 0.1) is 17.8 Å². The highest BCUT2D eigenvalue weighted by Crippen LogP contribution is 2.55. The average Bonchev–Trinajstić information content (AvgIpc) is 3.17. The largest absolute Gasteiger partial charge is 0.390 e. The van der Waals surface area contributed by atoms with Crippen molar-refractivity contribution in [3.63, 3.8) is 0 Å². The van der Waals surface area contributed by atoms with Crippen molar-refractivity contribution in [2.24, 2.45) is 17.8 Å². The Morgan fingerprint density at radius 3 is 2.74 bits per heavy atom. The fourth-order valence-electron chi connectivity index (χ4n) is 6.14. The molecule has 1 aromatic rings. The van der Waals surface area contributed by atoms with Crippen molar-refractivity contribution >= 4 is 17.7 Å². The molecule has 0 aromatic carbocycles. The van der Waals surface area contributed by atoms with Crippen LogP contribution < -0.4 is 5.32 Å². The normalized spacial score (nSPS) is 39.7. The lowest BCUT2D eigenvalue weighted by molar-refractivity contribution is -0.136. The molecule has 0 spiro atoms. The number of carbonyl (C=O) groups excluding carboxylic acids is 1. The number of carbonyl (C=O) groups is 1. The van der Waals surface area contributed by atoms with Gasteiger partial charge in [-0.2, -0.15) is 0 Å². The quantitative estimate of drug-likeness (QED) is 0.608. The maximum Gasteiger partial charge on any atom is 0.255 e. The second kappa shape index (κ2) is 6.71. The summed E-state index contributed by atoms with van der Waals surface area (Å²) in [5.74, 6) is 1.33.